The molecular formula is C31H48O3. The monoisotopic (exact) mass is 468 g/mol. The Bertz CT molecular complexity index is 942. The molecule has 190 valence electrons. The number of carbonyl (C=O) groups is 2. The summed E-state index contributed by atoms with van der Waals surface area (Å²) in [5.74, 6) is 1.50. The highest BCUT2D eigenvalue weighted by Gasteiger charge is 2.69. The standard InChI is InChI=1S/C31H48O3/c1-26(2)12-14-31(16-17-32)15-13-30(7)25(20(31)19-26)21(33)18-23-28(5)10-9-24(34)27(3,4)22(28)8-11-29(23,30)6/h18,20,22,25,32H,8-17,19H2,1-7H3/t20?,22-,25?,28-,29+,30+,31+/m0/s1. The molecule has 2 unspecified atom stereocenters. The van der Waals surface area contributed by atoms with Crippen molar-refractivity contribution in [2.24, 2.45) is 50.2 Å². The van der Waals surface area contributed by atoms with Crippen molar-refractivity contribution < 1.29 is 14.7 Å². The minimum atomic E-state index is -0.313. The first kappa shape index (κ1) is 24.7. The molecule has 4 fully saturated rings. The van der Waals surface area contributed by atoms with Crippen LogP contribution in [0.1, 0.15) is 113 Å². The van der Waals surface area contributed by atoms with E-state index in [9.17, 15) is 14.7 Å². The van der Waals surface area contributed by atoms with Gasteiger partial charge in [0.1, 0.15) is 5.78 Å². The van der Waals surface area contributed by atoms with E-state index in [0.29, 0.717) is 29.8 Å². The SMILES string of the molecule is CC1(C)CC[C@]2(CCO)CC[C@]3(C)C(C(=O)C=C4[C@@]5(C)CCC(=O)C(C)(C)[C@@H]5CC[C@]43C)C2C1. The molecule has 5 aliphatic rings. The molecule has 0 amide bonds. The second-order valence-corrected chi connectivity index (χ2v) is 15.2. The van der Waals surface area contributed by atoms with Gasteiger partial charge >= 0.3 is 0 Å². The maximum atomic E-state index is 14.3. The molecule has 5 rings (SSSR count). The maximum Gasteiger partial charge on any atom is 0.159 e. The van der Waals surface area contributed by atoms with Gasteiger partial charge in [-0.15, -0.1) is 0 Å². The van der Waals surface area contributed by atoms with E-state index in [0.717, 1.165) is 51.4 Å². The number of hydrogen-bond acceptors (Lipinski definition) is 3. The molecule has 0 aromatic heterocycles. The van der Waals surface area contributed by atoms with Gasteiger partial charge in [-0.25, -0.2) is 0 Å². The van der Waals surface area contributed by atoms with Crippen LogP contribution < -0.4 is 0 Å². The fraction of sp³-hybridized carbons (Fsp3) is 0.871. The largest absolute Gasteiger partial charge is 0.396 e. The summed E-state index contributed by atoms with van der Waals surface area (Å²) in [5, 5.41) is 10.1. The number of carbonyl (C=O) groups excluding carboxylic acids is 2. The molecule has 0 bridgehead atoms. The normalized spacial score (nSPS) is 49.3. The minimum absolute atomic E-state index is 0.000257. The highest BCUT2D eigenvalue weighted by molar-refractivity contribution is 5.96. The van der Waals surface area contributed by atoms with Crippen LogP contribution in [0.5, 0.6) is 0 Å². The third kappa shape index (κ3) is 2.97. The lowest BCUT2D eigenvalue weighted by molar-refractivity contribution is -0.178. The predicted octanol–water partition coefficient (Wildman–Crippen LogP) is 6.92. The Labute approximate surface area is 207 Å². The van der Waals surface area contributed by atoms with Gasteiger partial charge in [-0.3, -0.25) is 9.59 Å². The van der Waals surface area contributed by atoms with E-state index in [1.54, 1.807) is 0 Å². The molecule has 1 N–H and O–H groups in total. The van der Waals surface area contributed by atoms with Gasteiger partial charge in [0.25, 0.3) is 0 Å². The first-order valence-corrected chi connectivity index (χ1v) is 14.1. The number of allylic oxidation sites excluding steroid dienone is 2. The van der Waals surface area contributed by atoms with Crippen molar-refractivity contribution in [3.63, 3.8) is 0 Å². The number of fused-ring (bicyclic) bond motifs is 7. The van der Waals surface area contributed by atoms with E-state index in [1.807, 2.05) is 0 Å². The van der Waals surface area contributed by atoms with Crippen LogP contribution in [0, 0.1) is 50.2 Å². The molecule has 5 aliphatic carbocycles. The first-order valence-electron chi connectivity index (χ1n) is 14.1. The Morgan fingerprint density at radius 3 is 2.26 bits per heavy atom. The van der Waals surface area contributed by atoms with Crippen LogP contribution in [0.4, 0.5) is 0 Å². The molecule has 3 heteroatoms. The molecule has 0 saturated heterocycles. The van der Waals surface area contributed by atoms with E-state index in [-0.39, 0.29) is 45.0 Å². The summed E-state index contributed by atoms with van der Waals surface area (Å²) < 4.78 is 0. The van der Waals surface area contributed by atoms with Crippen LogP contribution in [0.2, 0.25) is 0 Å². The summed E-state index contributed by atoms with van der Waals surface area (Å²) in [6.45, 7) is 16.6. The predicted molar refractivity (Wildman–Crippen MR) is 136 cm³/mol. The average Bonchev–Trinajstić information content (AvgIpc) is 2.74. The molecule has 3 nitrogen and oxygen atoms in total. The summed E-state index contributed by atoms with van der Waals surface area (Å²) in [4.78, 5) is 27.2. The Balaban J connectivity index is 1.63. The van der Waals surface area contributed by atoms with E-state index < -0.39 is 0 Å². The van der Waals surface area contributed by atoms with Crippen molar-refractivity contribution in [1.82, 2.24) is 0 Å². The average molecular weight is 469 g/mol. The Kier molecular flexibility index (Phi) is 5.31. The third-order valence-corrected chi connectivity index (χ3v) is 12.9. The summed E-state index contributed by atoms with van der Waals surface area (Å²) in [5.41, 5.74) is 1.32. The molecule has 7 atom stereocenters. The quantitative estimate of drug-likeness (QED) is 0.478. The van der Waals surface area contributed by atoms with E-state index in [4.69, 9.17) is 0 Å². The Hall–Kier alpha value is -0.960. The smallest absolute Gasteiger partial charge is 0.159 e. The lowest BCUT2D eigenvalue weighted by atomic mass is 9.33. The van der Waals surface area contributed by atoms with Gasteiger partial charge in [-0.2, -0.15) is 0 Å². The van der Waals surface area contributed by atoms with Crippen molar-refractivity contribution >= 4 is 11.6 Å². The number of aliphatic hydroxyl groups is 1. The van der Waals surface area contributed by atoms with Gasteiger partial charge in [-0.1, -0.05) is 54.0 Å². The van der Waals surface area contributed by atoms with Crippen molar-refractivity contribution in [2.45, 2.75) is 113 Å². The molecule has 0 aromatic rings. The fourth-order valence-electron chi connectivity index (χ4n) is 10.6. The molecule has 4 saturated carbocycles. The lowest BCUT2D eigenvalue weighted by Crippen LogP contribution is -2.65. The van der Waals surface area contributed by atoms with Crippen molar-refractivity contribution in [1.29, 1.82) is 0 Å². The van der Waals surface area contributed by atoms with Crippen LogP contribution in [0.3, 0.4) is 0 Å². The van der Waals surface area contributed by atoms with Crippen LogP contribution in [0.25, 0.3) is 0 Å². The van der Waals surface area contributed by atoms with Gasteiger partial charge in [0.05, 0.1) is 0 Å². The lowest BCUT2D eigenvalue weighted by Gasteiger charge is -2.70. The summed E-state index contributed by atoms with van der Waals surface area (Å²) >= 11 is 0. The van der Waals surface area contributed by atoms with Crippen molar-refractivity contribution in [3.05, 3.63) is 11.6 Å². The molecular weight excluding hydrogens is 420 g/mol. The molecule has 0 aliphatic heterocycles. The highest BCUT2D eigenvalue weighted by atomic mass is 16.3. The summed E-state index contributed by atoms with van der Waals surface area (Å²) in [6, 6.07) is 0. The molecule has 34 heavy (non-hydrogen) atoms. The van der Waals surface area contributed by atoms with Gasteiger partial charge in [0.2, 0.25) is 0 Å². The highest BCUT2D eigenvalue weighted by Crippen LogP contribution is 2.75. The number of ketones is 2. The van der Waals surface area contributed by atoms with Gasteiger partial charge < -0.3 is 5.11 Å². The van der Waals surface area contributed by atoms with Crippen molar-refractivity contribution in [2.75, 3.05) is 6.61 Å². The summed E-state index contributed by atoms with van der Waals surface area (Å²) in [6.07, 6.45) is 12.3. The van der Waals surface area contributed by atoms with Crippen LogP contribution in [-0.4, -0.2) is 23.3 Å². The van der Waals surface area contributed by atoms with E-state index in [2.05, 4.69) is 54.5 Å². The Morgan fingerprint density at radius 2 is 1.59 bits per heavy atom. The zero-order chi connectivity index (χ0) is 24.9. The zero-order valence-corrected chi connectivity index (χ0v) is 22.9. The molecule has 0 radical (unpaired) electrons. The number of rotatable bonds is 2. The molecule has 0 spiro atoms. The second-order valence-electron chi connectivity index (χ2n) is 15.2. The fourth-order valence-corrected chi connectivity index (χ4v) is 10.6. The number of hydrogen-bond donors (Lipinski definition) is 1. The van der Waals surface area contributed by atoms with Crippen LogP contribution >= 0.6 is 0 Å². The number of Topliss-reactive ketones (excluding diaryl/α,β-unsaturated/α-hetero) is 1. The zero-order valence-electron chi connectivity index (χ0n) is 22.9. The maximum absolute atomic E-state index is 14.3. The van der Waals surface area contributed by atoms with Gasteiger partial charge in [0, 0.05) is 24.4 Å². The third-order valence-electron chi connectivity index (χ3n) is 12.9. The van der Waals surface area contributed by atoms with E-state index >= 15 is 0 Å². The topological polar surface area (TPSA) is 54.4 Å². The van der Waals surface area contributed by atoms with Gasteiger partial charge in [0.15, 0.2) is 5.78 Å². The van der Waals surface area contributed by atoms with Crippen molar-refractivity contribution in [3.8, 4) is 0 Å². The second kappa shape index (κ2) is 7.30. The van der Waals surface area contributed by atoms with Crippen LogP contribution in [0.15, 0.2) is 11.6 Å². The van der Waals surface area contributed by atoms with Crippen LogP contribution in [-0.2, 0) is 9.59 Å². The Morgan fingerprint density at radius 1 is 0.912 bits per heavy atom. The minimum Gasteiger partial charge on any atom is -0.396 e. The molecule has 0 aromatic carbocycles. The van der Waals surface area contributed by atoms with Gasteiger partial charge in [-0.05, 0) is 103 Å². The van der Waals surface area contributed by atoms with E-state index in [1.165, 1.54) is 12.0 Å². The molecule has 0 heterocycles. The summed E-state index contributed by atoms with van der Waals surface area (Å²) in [7, 11) is 0. The first-order chi connectivity index (χ1) is 15.7. The number of aliphatic hydroxyl groups excluding tert-OH is 1.